The molecule has 0 fully saturated rings. The molecule has 2 aromatic rings. The summed E-state index contributed by atoms with van der Waals surface area (Å²) in [7, 11) is 1.35. The summed E-state index contributed by atoms with van der Waals surface area (Å²) in [6.45, 7) is 2.09. The topological polar surface area (TPSA) is 84.6 Å². The smallest absolute Gasteiger partial charge is 0.226 e. The van der Waals surface area contributed by atoms with Crippen LogP contribution in [0.5, 0.6) is 0 Å². The van der Waals surface area contributed by atoms with Gasteiger partial charge in [-0.25, -0.2) is 0 Å². The van der Waals surface area contributed by atoms with E-state index in [1.807, 2.05) is 18.2 Å². The maximum atomic E-state index is 12.0. The highest BCUT2D eigenvalue weighted by molar-refractivity contribution is 5.92. The first kappa shape index (κ1) is 16.6. The monoisotopic (exact) mass is 326 g/mol. The number of aliphatic hydroxyl groups excluding tert-OH is 1. The minimum absolute atomic E-state index is 0.00842. The van der Waals surface area contributed by atoms with Gasteiger partial charge in [0.05, 0.1) is 6.04 Å². The number of rotatable bonds is 5. The number of carbonyl (C=O) groups is 1. The van der Waals surface area contributed by atoms with Crippen LogP contribution in [-0.2, 0) is 16.0 Å². The van der Waals surface area contributed by atoms with Crippen molar-refractivity contribution >= 4 is 11.6 Å². The molecule has 0 saturated heterocycles. The molecule has 24 heavy (non-hydrogen) atoms. The molecule has 2 atom stereocenters. The van der Waals surface area contributed by atoms with Crippen LogP contribution in [0.15, 0.2) is 36.4 Å². The Labute approximate surface area is 141 Å². The number of nitrogens with two attached hydrogens (primary N) is 1. The summed E-state index contributed by atoms with van der Waals surface area (Å²) >= 11 is 0. The van der Waals surface area contributed by atoms with Crippen LogP contribution >= 0.6 is 0 Å². The second-order valence-electron chi connectivity index (χ2n) is 6.25. The molecule has 4 N–H and O–H groups in total. The molecule has 1 amide bonds. The number of hydrogen-bond acceptors (Lipinski definition) is 4. The van der Waals surface area contributed by atoms with E-state index in [4.69, 9.17) is 10.5 Å². The van der Waals surface area contributed by atoms with Crippen LogP contribution < -0.4 is 11.1 Å². The zero-order chi connectivity index (χ0) is 17.3. The van der Waals surface area contributed by atoms with Crippen molar-refractivity contribution < 1.29 is 14.6 Å². The standard InChI is InChI=1S/C19H22N2O3/c1-11-3-5-15-12(7-11)8-13-9-14(4-6-16(13)15)21-18(22)10-17(20)19(23)24-2/h3-7,9,17,19,23H,8,10,20H2,1-2H3,(H,21,22). The molecule has 2 aromatic carbocycles. The second-order valence-corrected chi connectivity index (χ2v) is 6.25. The largest absolute Gasteiger partial charge is 0.367 e. The molecule has 0 spiro atoms. The van der Waals surface area contributed by atoms with Crippen molar-refractivity contribution in [2.45, 2.75) is 32.1 Å². The Bertz CT molecular complexity index is 773. The normalized spacial score (nSPS) is 14.7. The third-order valence-corrected chi connectivity index (χ3v) is 4.35. The van der Waals surface area contributed by atoms with Gasteiger partial charge in [-0.15, -0.1) is 0 Å². The number of nitrogens with one attached hydrogen (secondary N) is 1. The Morgan fingerprint density at radius 2 is 1.92 bits per heavy atom. The summed E-state index contributed by atoms with van der Waals surface area (Å²) in [6, 6.07) is 11.7. The van der Waals surface area contributed by atoms with Gasteiger partial charge in [-0.2, -0.15) is 0 Å². The van der Waals surface area contributed by atoms with Crippen LogP contribution in [0.1, 0.15) is 23.1 Å². The maximum Gasteiger partial charge on any atom is 0.226 e. The van der Waals surface area contributed by atoms with Crippen molar-refractivity contribution in [3.8, 4) is 11.1 Å². The number of methoxy groups -OCH3 is 1. The highest BCUT2D eigenvalue weighted by Crippen LogP contribution is 2.38. The molecule has 2 unspecified atom stereocenters. The summed E-state index contributed by atoms with van der Waals surface area (Å²) in [4.78, 5) is 12.0. The average Bonchev–Trinajstić information content (AvgIpc) is 2.90. The van der Waals surface area contributed by atoms with Crippen molar-refractivity contribution in [1.82, 2.24) is 0 Å². The summed E-state index contributed by atoms with van der Waals surface area (Å²) in [5.41, 5.74) is 12.7. The predicted molar refractivity (Wildman–Crippen MR) is 93.7 cm³/mol. The summed E-state index contributed by atoms with van der Waals surface area (Å²) in [5, 5.41) is 12.3. The third-order valence-electron chi connectivity index (χ3n) is 4.35. The number of aliphatic hydroxyl groups is 1. The average molecular weight is 326 g/mol. The number of fused-ring (bicyclic) bond motifs is 3. The fourth-order valence-electron chi connectivity index (χ4n) is 3.12. The first-order valence-electron chi connectivity index (χ1n) is 7.97. The molecular weight excluding hydrogens is 304 g/mol. The van der Waals surface area contributed by atoms with Gasteiger partial charge in [-0.05, 0) is 47.7 Å². The molecule has 0 aromatic heterocycles. The van der Waals surface area contributed by atoms with Gasteiger partial charge in [0.25, 0.3) is 0 Å². The van der Waals surface area contributed by atoms with Crippen LogP contribution in [0.25, 0.3) is 11.1 Å². The van der Waals surface area contributed by atoms with Crippen LogP contribution in [0, 0.1) is 6.92 Å². The molecule has 0 bridgehead atoms. The zero-order valence-electron chi connectivity index (χ0n) is 13.9. The van der Waals surface area contributed by atoms with E-state index in [0.29, 0.717) is 0 Å². The van der Waals surface area contributed by atoms with Crippen molar-refractivity contribution in [1.29, 1.82) is 0 Å². The minimum Gasteiger partial charge on any atom is -0.367 e. The van der Waals surface area contributed by atoms with Crippen LogP contribution in [0.4, 0.5) is 5.69 Å². The lowest BCUT2D eigenvalue weighted by Gasteiger charge is -2.16. The van der Waals surface area contributed by atoms with Gasteiger partial charge in [-0.3, -0.25) is 4.79 Å². The SMILES string of the molecule is COC(O)C(N)CC(=O)Nc1ccc2c(c1)Cc1cc(C)ccc1-2. The molecule has 3 rings (SSSR count). The lowest BCUT2D eigenvalue weighted by molar-refractivity contribution is -0.122. The highest BCUT2D eigenvalue weighted by atomic mass is 16.6. The van der Waals surface area contributed by atoms with E-state index in [1.165, 1.54) is 34.9 Å². The summed E-state index contributed by atoms with van der Waals surface area (Å²) in [5.74, 6) is -0.245. The fourth-order valence-corrected chi connectivity index (χ4v) is 3.12. The Morgan fingerprint density at radius 1 is 1.25 bits per heavy atom. The molecule has 0 saturated carbocycles. The molecule has 0 aliphatic heterocycles. The van der Waals surface area contributed by atoms with E-state index in [1.54, 1.807) is 0 Å². The van der Waals surface area contributed by atoms with Gasteiger partial charge in [0.1, 0.15) is 0 Å². The predicted octanol–water partition coefficient (Wildman–Crippen LogP) is 2.19. The quantitative estimate of drug-likeness (QED) is 0.628. The zero-order valence-corrected chi connectivity index (χ0v) is 13.9. The van der Waals surface area contributed by atoms with Gasteiger partial charge in [-0.1, -0.05) is 29.8 Å². The summed E-state index contributed by atoms with van der Waals surface area (Å²) < 4.78 is 4.72. The molecular formula is C19H22N2O3. The maximum absolute atomic E-state index is 12.0. The summed E-state index contributed by atoms with van der Waals surface area (Å²) in [6.07, 6.45) is -0.280. The van der Waals surface area contributed by atoms with E-state index in [0.717, 1.165) is 12.1 Å². The van der Waals surface area contributed by atoms with Gasteiger partial charge < -0.3 is 20.9 Å². The molecule has 5 heteroatoms. The second kappa shape index (κ2) is 6.73. The molecule has 0 radical (unpaired) electrons. The Kier molecular flexibility index (Phi) is 4.66. The molecule has 0 heterocycles. The van der Waals surface area contributed by atoms with Gasteiger partial charge in [0.15, 0.2) is 6.29 Å². The van der Waals surface area contributed by atoms with E-state index in [9.17, 15) is 9.90 Å². The lowest BCUT2D eigenvalue weighted by atomic mass is 10.0. The van der Waals surface area contributed by atoms with E-state index in [-0.39, 0.29) is 12.3 Å². The Hall–Kier alpha value is -2.21. The number of amides is 1. The van der Waals surface area contributed by atoms with E-state index < -0.39 is 12.3 Å². The minimum atomic E-state index is -1.14. The van der Waals surface area contributed by atoms with Crippen LogP contribution in [0.3, 0.4) is 0 Å². The Morgan fingerprint density at radius 3 is 2.62 bits per heavy atom. The van der Waals surface area contributed by atoms with Gasteiger partial charge in [0.2, 0.25) is 5.91 Å². The first-order valence-corrected chi connectivity index (χ1v) is 7.97. The number of ether oxygens (including phenoxy) is 1. The van der Waals surface area contributed by atoms with Crippen LogP contribution in [0.2, 0.25) is 0 Å². The third kappa shape index (κ3) is 3.33. The van der Waals surface area contributed by atoms with E-state index in [2.05, 4.69) is 30.4 Å². The molecule has 126 valence electrons. The van der Waals surface area contributed by atoms with Gasteiger partial charge in [0, 0.05) is 19.2 Å². The lowest BCUT2D eigenvalue weighted by Crippen LogP contribution is -2.39. The number of carbonyl (C=O) groups excluding carboxylic acids is 1. The number of hydrogen-bond donors (Lipinski definition) is 3. The van der Waals surface area contributed by atoms with Crippen molar-refractivity contribution in [3.05, 3.63) is 53.1 Å². The number of anilines is 1. The Balaban J connectivity index is 1.71. The molecule has 1 aliphatic carbocycles. The van der Waals surface area contributed by atoms with Crippen LogP contribution in [-0.4, -0.2) is 30.5 Å². The number of benzene rings is 2. The van der Waals surface area contributed by atoms with Crippen molar-refractivity contribution in [2.75, 3.05) is 12.4 Å². The van der Waals surface area contributed by atoms with Gasteiger partial charge >= 0.3 is 0 Å². The fraction of sp³-hybridized carbons (Fsp3) is 0.316. The first-order chi connectivity index (χ1) is 11.5. The van der Waals surface area contributed by atoms with E-state index >= 15 is 0 Å². The number of aryl methyl sites for hydroxylation is 1. The molecule has 5 nitrogen and oxygen atoms in total. The highest BCUT2D eigenvalue weighted by Gasteiger charge is 2.20. The van der Waals surface area contributed by atoms with Crippen molar-refractivity contribution in [2.24, 2.45) is 5.73 Å². The van der Waals surface area contributed by atoms with Crippen molar-refractivity contribution in [3.63, 3.8) is 0 Å². The molecule has 1 aliphatic rings.